The van der Waals surface area contributed by atoms with Crippen LogP contribution < -0.4 is 32.9 Å². The van der Waals surface area contributed by atoms with Crippen molar-refractivity contribution in [2.75, 3.05) is 78.9 Å². The van der Waals surface area contributed by atoms with Gasteiger partial charge in [-0.3, -0.25) is 28.8 Å². The molecule has 0 saturated carbocycles. The molecule has 0 atom stereocenters. The van der Waals surface area contributed by atoms with E-state index in [4.69, 9.17) is 28.4 Å². The molecular formula is C110H226BrN3O12+2. The average Bonchev–Trinajstić information content (AvgIpc) is 1.05. The van der Waals surface area contributed by atoms with Gasteiger partial charge in [0.25, 0.3) is 0 Å². The fourth-order valence-electron chi connectivity index (χ4n) is 15.0. The zero-order valence-electron chi connectivity index (χ0n) is 87.1. The summed E-state index contributed by atoms with van der Waals surface area (Å²) >= 11 is 0. The fourth-order valence-corrected chi connectivity index (χ4v) is 15.0. The first-order valence-corrected chi connectivity index (χ1v) is 55.8. The van der Waals surface area contributed by atoms with Gasteiger partial charge in [0.15, 0.2) is 0 Å². The summed E-state index contributed by atoms with van der Waals surface area (Å²) in [5.41, 5.74) is 0. The van der Waals surface area contributed by atoms with E-state index in [1.54, 1.807) is 0 Å². The molecule has 0 heterocycles. The quantitative estimate of drug-likeness (QED) is 0.0295. The summed E-state index contributed by atoms with van der Waals surface area (Å²) in [5.74, 6) is -0.415. The van der Waals surface area contributed by atoms with E-state index in [9.17, 15) is 28.8 Å². The first-order chi connectivity index (χ1) is 61.4. The topological polar surface area (TPSA) is 208 Å². The summed E-state index contributed by atoms with van der Waals surface area (Å²) in [5, 5.41) is 6.31. The van der Waals surface area contributed by atoms with Crippen molar-refractivity contribution in [3.63, 3.8) is 0 Å². The van der Waals surface area contributed by atoms with Gasteiger partial charge in [-0.2, -0.15) is 0 Å². The van der Waals surface area contributed by atoms with E-state index in [1.165, 1.54) is 385 Å². The Labute approximate surface area is 796 Å². The molecule has 0 aliphatic heterocycles. The zero-order valence-corrected chi connectivity index (χ0v) is 88.6. The normalized spacial score (nSPS) is 10.7. The number of hydrogen-bond acceptors (Lipinski definition) is 12. The monoisotopic (exact) mass is 1860 g/mol. The Kier molecular flexibility index (Phi) is 144. The fraction of sp³-hybridized carbons (Fsp3) is 0.945. The lowest BCUT2D eigenvalue weighted by Crippen LogP contribution is -3.00. The molecule has 0 unspecified atom stereocenters. The molecule has 6 N–H and O–H groups in total. The van der Waals surface area contributed by atoms with Crippen LogP contribution in [0.2, 0.25) is 0 Å². The standard InChI is InChI=1S/C40H79NO4.C32H63NO4.C28H55NO4.C5H12.C3H8.C2H6.BrH/c1-3-5-7-9-11-13-15-17-18-20-22-24-26-28-30-34-40(43)45-38-32-36-41-35-31-37-44-39(42)33-29-27-25-23-21-19-16-14-12-10-8-6-4-2;1-3-5-7-9-11-13-15-17-19-21-23-25-31(34)36-29-27-33-28-30-37-32(35)26-24-22-20-18-16-14-12-10-8-6-4-2;1-3-5-7-9-11-13-15-17-19-21-27(30)32-25-23-29-24-26-33-28(31)22-20-18-16-14-12-10-8-6-4-2;1-3-5-4-2;1-3-2;1-2;/h41H,3-38H2,1-2H3;33H,3-30H2,1-2H3;29H,3-26H2,1-2H3;3-5H2,1-2H3;3H2,1-2H3;1-2H3;1H/p+2. The van der Waals surface area contributed by atoms with Crippen molar-refractivity contribution in [3.05, 3.63) is 0 Å². The number of quaternary nitrogens is 3. The van der Waals surface area contributed by atoms with Crippen LogP contribution in [0.4, 0.5) is 0 Å². The molecule has 15 nitrogen and oxygen atoms in total. The van der Waals surface area contributed by atoms with Gasteiger partial charge in [-0.1, -0.05) is 507 Å². The highest BCUT2D eigenvalue weighted by Gasteiger charge is 2.11. The van der Waals surface area contributed by atoms with Crippen LogP contribution in [0, 0.1) is 0 Å². The molecule has 0 aromatic rings. The summed E-state index contributed by atoms with van der Waals surface area (Å²) in [7, 11) is 0. The summed E-state index contributed by atoms with van der Waals surface area (Å²) in [6, 6.07) is 0. The van der Waals surface area contributed by atoms with Crippen molar-refractivity contribution >= 4 is 35.8 Å². The van der Waals surface area contributed by atoms with Crippen molar-refractivity contribution in [1.82, 2.24) is 0 Å². The largest absolute Gasteiger partial charge is 1.00 e. The van der Waals surface area contributed by atoms with Crippen molar-refractivity contribution in [1.29, 1.82) is 0 Å². The highest BCUT2D eigenvalue weighted by molar-refractivity contribution is 5.71. The van der Waals surface area contributed by atoms with Crippen LogP contribution in [-0.2, 0) is 57.2 Å². The molecular weight excluding hydrogens is 1640 g/mol. The molecule has 0 spiro atoms. The Balaban J connectivity index is -0.000000321. The maximum Gasteiger partial charge on any atom is 0.305 e. The molecule has 0 fully saturated rings. The number of carbonyl (C=O) groups is 6. The third-order valence-electron chi connectivity index (χ3n) is 23.1. The number of ether oxygens (including phenoxy) is 6. The first kappa shape index (κ1) is 136. The maximum absolute atomic E-state index is 11.9. The summed E-state index contributed by atoms with van der Waals surface area (Å²) in [6.07, 6.45) is 98.4. The second-order valence-corrected chi connectivity index (χ2v) is 36.1. The van der Waals surface area contributed by atoms with Gasteiger partial charge in [-0.25, -0.2) is 0 Å². The molecule has 0 radical (unpaired) electrons. The number of unbranched alkanes of at least 4 members (excludes halogenated alkanes) is 64. The minimum Gasteiger partial charge on any atom is -1.00 e. The number of carbonyl (C=O) groups excluding carboxylic acids is 6. The van der Waals surface area contributed by atoms with E-state index in [0.29, 0.717) is 78.2 Å². The Morgan fingerprint density at radius 2 is 0.262 bits per heavy atom. The van der Waals surface area contributed by atoms with E-state index in [-0.39, 0.29) is 52.8 Å². The Morgan fingerprint density at radius 1 is 0.151 bits per heavy atom. The molecule has 0 aromatic carbocycles. The Morgan fingerprint density at radius 3 is 0.389 bits per heavy atom. The Bertz CT molecular complexity index is 1920. The molecule has 126 heavy (non-hydrogen) atoms. The van der Waals surface area contributed by atoms with Crippen LogP contribution in [0.3, 0.4) is 0 Å². The van der Waals surface area contributed by atoms with Crippen LogP contribution in [0.5, 0.6) is 0 Å². The van der Waals surface area contributed by atoms with Crippen molar-refractivity contribution in [3.8, 4) is 0 Å². The second-order valence-electron chi connectivity index (χ2n) is 36.1. The molecule has 0 aliphatic carbocycles. The lowest BCUT2D eigenvalue weighted by Gasteiger charge is -2.06. The third kappa shape index (κ3) is 142. The number of hydrogen-bond donors (Lipinski definition) is 3. The molecule has 0 saturated heterocycles. The summed E-state index contributed by atoms with van der Waals surface area (Å²) < 4.78 is 31.9. The molecule has 0 rings (SSSR count). The molecule has 0 aromatic heterocycles. The van der Waals surface area contributed by atoms with Gasteiger partial charge in [-0.05, 0) is 38.5 Å². The Hall–Kier alpha value is -2.82. The lowest BCUT2D eigenvalue weighted by molar-refractivity contribution is -0.656. The smallest absolute Gasteiger partial charge is 0.305 e. The van der Waals surface area contributed by atoms with E-state index < -0.39 is 0 Å². The number of halogens is 1. The number of rotatable bonds is 96. The molecule has 758 valence electrons. The van der Waals surface area contributed by atoms with E-state index in [2.05, 4.69) is 74.6 Å². The third-order valence-corrected chi connectivity index (χ3v) is 23.1. The van der Waals surface area contributed by atoms with Gasteiger partial charge in [-0.15, -0.1) is 0 Å². The zero-order chi connectivity index (χ0) is 92.9. The van der Waals surface area contributed by atoms with Crippen molar-refractivity contribution in [2.45, 2.75) is 597 Å². The van der Waals surface area contributed by atoms with E-state index in [1.807, 2.05) is 24.5 Å². The number of nitrogens with two attached hydrogens (primary N) is 3. The van der Waals surface area contributed by atoms with Gasteiger partial charge in [0.2, 0.25) is 0 Å². The van der Waals surface area contributed by atoms with Gasteiger partial charge < -0.3 is 61.4 Å². The van der Waals surface area contributed by atoms with E-state index in [0.717, 1.165) is 129 Å². The van der Waals surface area contributed by atoms with Gasteiger partial charge in [0.1, 0.15) is 52.6 Å². The molecule has 0 aliphatic rings. The molecule has 0 amide bonds. The van der Waals surface area contributed by atoms with Crippen LogP contribution in [0.1, 0.15) is 597 Å². The SMILES string of the molecule is CC.CCC.CCCCC.CCCCCCCCCCCC(=O)OCC[NH2+]CCOC(=O)CCCCCCCCCCC.CCCCCCCCCCCCCC(=O)OCC[NH2+]CCOC(=O)CCCCCCCCCCCCC.CCCCCCCCCCCCCCCCCC(=O)OCCC[NH2+]CCCOC(=O)CCCCCCCCCCCCCCC.[Br-]. The highest BCUT2D eigenvalue weighted by atomic mass is 79.9. The minimum atomic E-state index is -0.0845. The van der Waals surface area contributed by atoms with Gasteiger partial charge >= 0.3 is 35.8 Å². The first-order valence-electron chi connectivity index (χ1n) is 55.8. The van der Waals surface area contributed by atoms with Gasteiger partial charge in [0.05, 0.1) is 26.3 Å². The van der Waals surface area contributed by atoms with E-state index >= 15 is 0 Å². The minimum absolute atomic E-state index is 0. The van der Waals surface area contributed by atoms with Crippen LogP contribution >= 0.6 is 0 Å². The molecule has 0 bridgehead atoms. The predicted molar refractivity (Wildman–Crippen MR) is 538 cm³/mol. The maximum atomic E-state index is 11.9. The predicted octanol–water partition coefficient (Wildman–Crippen LogP) is 27.3. The highest BCUT2D eigenvalue weighted by Crippen LogP contribution is 2.20. The summed E-state index contributed by atoms with van der Waals surface area (Å²) in [4.78, 5) is 71.0. The van der Waals surface area contributed by atoms with Gasteiger partial charge in [0, 0.05) is 51.4 Å². The number of esters is 6. The second kappa shape index (κ2) is 133. The lowest BCUT2D eigenvalue weighted by atomic mass is 10.0. The van der Waals surface area contributed by atoms with Crippen LogP contribution in [0.15, 0.2) is 0 Å². The molecule has 16 heteroatoms. The van der Waals surface area contributed by atoms with Crippen LogP contribution in [0.25, 0.3) is 0 Å². The van der Waals surface area contributed by atoms with Crippen molar-refractivity contribution < 1.29 is 90.1 Å². The van der Waals surface area contributed by atoms with Crippen molar-refractivity contribution in [2.24, 2.45) is 0 Å². The average molecular weight is 1860 g/mol. The summed E-state index contributed by atoms with van der Waals surface area (Å²) in [6.45, 7) is 33.8. The van der Waals surface area contributed by atoms with Crippen LogP contribution in [-0.4, -0.2) is 115 Å².